The zero-order chi connectivity index (χ0) is 15.8. The van der Waals surface area contributed by atoms with Crippen LogP contribution in [0.4, 0.5) is 4.79 Å². The lowest BCUT2D eigenvalue weighted by molar-refractivity contribution is 0.233. The first-order valence-electron chi connectivity index (χ1n) is 6.84. The maximum atomic E-state index is 11.8. The molecule has 0 saturated heterocycles. The number of carbonyl (C=O) groups excluding carboxylic acids is 1. The maximum absolute atomic E-state index is 11.8. The monoisotopic (exact) mass is 320 g/mol. The Bertz CT molecular complexity index is 592. The van der Waals surface area contributed by atoms with Gasteiger partial charge >= 0.3 is 6.03 Å². The van der Waals surface area contributed by atoms with Gasteiger partial charge in [0.25, 0.3) is 0 Å². The molecule has 2 heterocycles. The lowest BCUT2D eigenvalue weighted by Gasteiger charge is -2.14. The largest absolute Gasteiger partial charge is 0.476 e. The number of halogens is 1. The van der Waals surface area contributed by atoms with Crippen molar-refractivity contribution in [3.8, 4) is 5.88 Å². The van der Waals surface area contributed by atoms with Crippen molar-refractivity contribution in [1.29, 1.82) is 0 Å². The SMILES string of the molecule is CC(NC(=O)NCCOc1ccc(Cl)cn1)c1cccnc1. The van der Waals surface area contributed by atoms with E-state index in [2.05, 4.69) is 20.6 Å². The second kappa shape index (κ2) is 8.19. The van der Waals surface area contributed by atoms with Crippen LogP contribution < -0.4 is 15.4 Å². The smallest absolute Gasteiger partial charge is 0.315 e. The van der Waals surface area contributed by atoms with Crippen LogP contribution in [-0.4, -0.2) is 29.2 Å². The summed E-state index contributed by atoms with van der Waals surface area (Å²) >= 11 is 5.73. The molecular weight excluding hydrogens is 304 g/mol. The van der Waals surface area contributed by atoms with Crippen molar-refractivity contribution in [3.63, 3.8) is 0 Å². The zero-order valence-corrected chi connectivity index (χ0v) is 12.9. The number of carbonyl (C=O) groups is 1. The second-order valence-electron chi connectivity index (χ2n) is 4.57. The first kappa shape index (κ1) is 16.0. The number of amides is 2. The van der Waals surface area contributed by atoms with Crippen LogP contribution in [-0.2, 0) is 0 Å². The van der Waals surface area contributed by atoms with Crippen molar-refractivity contribution in [2.45, 2.75) is 13.0 Å². The van der Waals surface area contributed by atoms with Gasteiger partial charge in [-0.1, -0.05) is 17.7 Å². The van der Waals surface area contributed by atoms with E-state index in [1.54, 1.807) is 24.5 Å². The molecule has 0 aromatic carbocycles. The molecule has 0 aliphatic carbocycles. The molecule has 116 valence electrons. The Hall–Kier alpha value is -2.34. The minimum absolute atomic E-state index is 0.118. The first-order valence-corrected chi connectivity index (χ1v) is 7.21. The third kappa shape index (κ3) is 5.21. The fourth-order valence-electron chi connectivity index (χ4n) is 1.73. The normalized spacial score (nSPS) is 11.5. The van der Waals surface area contributed by atoms with Crippen LogP contribution >= 0.6 is 11.6 Å². The summed E-state index contributed by atoms with van der Waals surface area (Å²) in [5.41, 5.74) is 0.944. The number of nitrogens with one attached hydrogen (secondary N) is 2. The van der Waals surface area contributed by atoms with Gasteiger partial charge in [0, 0.05) is 24.7 Å². The van der Waals surface area contributed by atoms with Crippen LogP contribution in [0, 0.1) is 0 Å². The van der Waals surface area contributed by atoms with E-state index in [1.165, 1.54) is 6.20 Å². The number of aromatic nitrogens is 2. The Morgan fingerprint density at radius 2 is 2.23 bits per heavy atom. The Labute approximate surface area is 133 Å². The third-order valence-corrected chi connectivity index (χ3v) is 3.09. The molecule has 2 amide bonds. The van der Waals surface area contributed by atoms with E-state index in [0.717, 1.165) is 5.56 Å². The Kier molecular flexibility index (Phi) is 5.97. The van der Waals surface area contributed by atoms with Gasteiger partial charge < -0.3 is 15.4 Å². The molecule has 2 aromatic heterocycles. The summed E-state index contributed by atoms with van der Waals surface area (Å²) in [6.07, 6.45) is 4.92. The third-order valence-electron chi connectivity index (χ3n) is 2.87. The molecule has 0 bridgehead atoms. The number of nitrogens with zero attached hydrogens (tertiary/aromatic N) is 2. The highest BCUT2D eigenvalue weighted by molar-refractivity contribution is 6.30. The van der Waals surface area contributed by atoms with Gasteiger partial charge in [-0.3, -0.25) is 4.98 Å². The summed E-state index contributed by atoms with van der Waals surface area (Å²) in [6.45, 7) is 2.59. The van der Waals surface area contributed by atoms with Crippen molar-refractivity contribution in [3.05, 3.63) is 53.4 Å². The molecule has 0 aliphatic rings. The Morgan fingerprint density at radius 3 is 2.91 bits per heavy atom. The summed E-state index contributed by atoms with van der Waals surface area (Å²) < 4.78 is 5.38. The fourth-order valence-corrected chi connectivity index (χ4v) is 1.84. The van der Waals surface area contributed by atoms with Crippen LogP contribution in [0.1, 0.15) is 18.5 Å². The second-order valence-corrected chi connectivity index (χ2v) is 5.01. The summed E-state index contributed by atoms with van der Waals surface area (Å²) in [4.78, 5) is 19.8. The van der Waals surface area contributed by atoms with Crippen molar-refractivity contribution < 1.29 is 9.53 Å². The van der Waals surface area contributed by atoms with Crippen LogP contribution in [0.15, 0.2) is 42.9 Å². The highest BCUT2D eigenvalue weighted by atomic mass is 35.5. The van der Waals surface area contributed by atoms with E-state index in [9.17, 15) is 4.79 Å². The molecule has 0 fully saturated rings. The maximum Gasteiger partial charge on any atom is 0.315 e. The topological polar surface area (TPSA) is 76.1 Å². The van der Waals surface area contributed by atoms with Gasteiger partial charge in [0.1, 0.15) is 6.61 Å². The molecule has 2 rings (SSSR count). The summed E-state index contributed by atoms with van der Waals surface area (Å²) in [7, 11) is 0. The molecular formula is C15H17ClN4O2. The predicted octanol–water partition coefficient (Wildman–Crippen LogP) is 2.57. The zero-order valence-electron chi connectivity index (χ0n) is 12.1. The molecule has 0 spiro atoms. The van der Waals surface area contributed by atoms with E-state index in [1.807, 2.05) is 19.1 Å². The van der Waals surface area contributed by atoms with Crippen LogP contribution in [0.25, 0.3) is 0 Å². The average molecular weight is 321 g/mol. The molecule has 22 heavy (non-hydrogen) atoms. The van der Waals surface area contributed by atoms with Crippen molar-refractivity contribution >= 4 is 17.6 Å². The molecule has 2 N–H and O–H groups in total. The molecule has 0 saturated carbocycles. The Morgan fingerprint density at radius 1 is 1.36 bits per heavy atom. The van der Waals surface area contributed by atoms with E-state index in [0.29, 0.717) is 24.1 Å². The average Bonchev–Trinajstić information content (AvgIpc) is 2.54. The van der Waals surface area contributed by atoms with E-state index >= 15 is 0 Å². The first-order chi connectivity index (χ1) is 10.6. The Balaban J connectivity index is 1.66. The number of rotatable bonds is 6. The van der Waals surface area contributed by atoms with Gasteiger partial charge in [-0.15, -0.1) is 0 Å². The molecule has 2 aromatic rings. The summed E-state index contributed by atoms with van der Waals surface area (Å²) in [6, 6.07) is 6.73. The molecule has 6 nitrogen and oxygen atoms in total. The van der Waals surface area contributed by atoms with Gasteiger partial charge in [0.05, 0.1) is 17.6 Å². The fraction of sp³-hybridized carbons (Fsp3) is 0.267. The summed E-state index contributed by atoms with van der Waals surface area (Å²) in [5, 5.41) is 6.09. The highest BCUT2D eigenvalue weighted by Gasteiger charge is 2.08. The minimum Gasteiger partial charge on any atom is -0.476 e. The standard InChI is InChI=1S/C15H17ClN4O2/c1-11(12-3-2-6-17-9-12)20-15(21)18-7-8-22-14-5-4-13(16)10-19-14/h2-6,9-11H,7-8H2,1H3,(H2,18,20,21). The molecule has 7 heteroatoms. The molecule has 1 unspecified atom stereocenters. The highest BCUT2D eigenvalue weighted by Crippen LogP contribution is 2.11. The van der Waals surface area contributed by atoms with E-state index < -0.39 is 0 Å². The van der Waals surface area contributed by atoms with Crippen molar-refractivity contribution in [2.24, 2.45) is 0 Å². The predicted molar refractivity (Wildman–Crippen MR) is 83.9 cm³/mol. The molecule has 0 radical (unpaired) electrons. The lowest BCUT2D eigenvalue weighted by atomic mass is 10.1. The minimum atomic E-state index is -0.260. The van der Waals surface area contributed by atoms with Crippen LogP contribution in [0.3, 0.4) is 0 Å². The van der Waals surface area contributed by atoms with Gasteiger partial charge in [-0.05, 0) is 24.6 Å². The number of pyridine rings is 2. The van der Waals surface area contributed by atoms with Crippen molar-refractivity contribution in [1.82, 2.24) is 20.6 Å². The van der Waals surface area contributed by atoms with Crippen LogP contribution in [0.5, 0.6) is 5.88 Å². The number of urea groups is 1. The van der Waals surface area contributed by atoms with Gasteiger partial charge in [-0.2, -0.15) is 0 Å². The van der Waals surface area contributed by atoms with E-state index in [4.69, 9.17) is 16.3 Å². The number of hydrogen-bond acceptors (Lipinski definition) is 4. The van der Waals surface area contributed by atoms with Gasteiger partial charge in [0.15, 0.2) is 0 Å². The quantitative estimate of drug-likeness (QED) is 0.802. The lowest BCUT2D eigenvalue weighted by Crippen LogP contribution is -2.39. The number of ether oxygens (including phenoxy) is 1. The number of hydrogen-bond donors (Lipinski definition) is 2. The van der Waals surface area contributed by atoms with Gasteiger partial charge in [-0.25, -0.2) is 9.78 Å². The molecule has 0 aliphatic heterocycles. The van der Waals surface area contributed by atoms with Crippen LogP contribution in [0.2, 0.25) is 5.02 Å². The van der Waals surface area contributed by atoms with E-state index in [-0.39, 0.29) is 12.1 Å². The van der Waals surface area contributed by atoms with Crippen molar-refractivity contribution in [2.75, 3.05) is 13.2 Å². The summed E-state index contributed by atoms with van der Waals surface area (Å²) in [5.74, 6) is 0.468. The van der Waals surface area contributed by atoms with Gasteiger partial charge in [0.2, 0.25) is 5.88 Å². The molecule has 1 atom stereocenters.